The van der Waals surface area contributed by atoms with E-state index >= 15 is 0 Å². The van der Waals surface area contributed by atoms with Gasteiger partial charge in [0.05, 0.1) is 0 Å². The molecule has 12 heteroatoms. The van der Waals surface area contributed by atoms with Crippen LogP contribution in [0.3, 0.4) is 0 Å². The second-order valence-electron chi connectivity index (χ2n) is 36.1. The first kappa shape index (κ1) is 88.9. The number of benzene rings is 23. The summed E-state index contributed by atoms with van der Waals surface area (Å²) in [4.78, 5) is 45.8. The van der Waals surface area contributed by atoms with E-state index in [2.05, 4.69) is 469 Å². The van der Waals surface area contributed by atoms with Crippen molar-refractivity contribution in [1.29, 1.82) is 0 Å². The van der Waals surface area contributed by atoms with Crippen molar-refractivity contribution < 1.29 is 0 Å². The summed E-state index contributed by atoms with van der Waals surface area (Å²) in [6.07, 6.45) is 0. The molecule has 0 bridgehead atoms. The van der Waals surface area contributed by atoms with E-state index in [9.17, 15) is 0 Å². The van der Waals surface area contributed by atoms with E-state index in [1.807, 2.05) is 66.7 Å². The zero-order chi connectivity index (χ0) is 96.6. The van der Waals surface area contributed by atoms with Gasteiger partial charge in [0.2, 0.25) is 0 Å². The molecule has 0 aliphatic carbocycles. The van der Waals surface area contributed by atoms with Crippen LogP contribution in [0.5, 0.6) is 0 Å². The van der Waals surface area contributed by atoms with Gasteiger partial charge in [-0.1, -0.05) is 0 Å². The molecule has 0 fully saturated rings. The first-order valence-corrected chi connectivity index (χ1v) is 52.0. The van der Waals surface area contributed by atoms with E-state index < -0.39 is 0 Å². The molecule has 145 heavy (non-hydrogen) atoms. The molecule has 0 atom stereocenters. The Bertz CT molecular complexity index is 9620. The van der Waals surface area contributed by atoms with Crippen LogP contribution >= 0.6 is 0 Å². The number of hydrogen-bond donors (Lipinski definition) is 0. The third kappa shape index (κ3) is 17.9. The van der Waals surface area contributed by atoms with Gasteiger partial charge >= 0.3 is 868 Å². The molecule has 0 saturated carbocycles. The van der Waals surface area contributed by atoms with Gasteiger partial charge in [-0.25, -0.2) is 0 Å². The first-order chi connectivity index (χ1) is 71.6. The summed E-state index contributed by atoms with van der Waals surface area (Å²) < 4.78 is 4.84. The molecular formula is C133H85N9Se3. The van der Waals surface area contributed by atoms with Crippen molar-refractivity contribution in [2.45, 2.75) is 0 Å². The first-order valence-electron chi connectivity index (χ1n) is 48.4. The predicted octanol–water partition coefficient (Wildman–Crippen LogP) is 31.1. The Hall–Kier alpha value is -17.5. The summed E-state index contributed by atoms with van der Waals surface area (Å²) in [6.45, 7) is 0. The minimum absolute atomic E-state index is 0.0173. The van der Waals surface area contributed by atoms with Gasteiger partial charge in [-0.15, -0.1) is 0 Å². The summed E-state index contributed by atoms with van der Waals surface area (Å²) in [5, 5.41) is 19.7. The molecule has 0 aliphatic heterocycles. The van der Waals surface area contributed by atoms with Gasteiger partial charge in [0.25, 0.3) is 0 Å². The van der Waals surface area contributed by atoms with Gasteiger partial charge < -0.3 is 0 Å². The van der Waals surface area contributed by atoms with Crippen LogP contribution in [0.4, 0.5) is 0 Å². The average molecular weight is 2050 g/mol. The normalized spacial score (nSPS) is 11.4. The monoisotopic (exact) mass is 2050 g/mol. The minimum atomic E-state index is 0.0173. The van der Waals surface area contributed by atoms with Gasteiger partial charge in [0, 0.05) is 0 Å². The van der Waals surface area contributed by atoms with Crippen LogP contribution in [0.1, 0.15) is 0 Å². The van der Waals surface area contributed by atoms with Crippen LogP contribution in [0.15, 0.2) is 504 Å². The standard InChI is InChI=1S/C49H29N3Se.C43H29N3Se.C41H27N3Se/c1-3-13-32-27-35(25-23-30(32)11-1)47-50-48(36-26-24-31-12-2-4-14-33(31)28-36)52-49(51-47)43-22-10-20-41-40-19-9-21-42(45(40)53-46(41)43)44-29-34-15-5-6-16-37(34)38-17-7-8-18-39(38)44;47-40-38(36-20-9-19-34(27-36)35-25-24-30-14-7-8-17-32(30)26-35)22-11-23-39(40)43-45-41(31-15-5-2-6-16-31)44-42(46-43)37-21-10-18-33(28-37)29-12-3-1-4-13-29;45-38-36(34-17-8-16-32(25-34)33-22-20-27-10-4-6-14-30(27)24-33)18-9-19-37(38)41-43-39(29-12-2-1-3-13-29)42-40(44-41)35-23-21-28-11-5-7-15-31(28)26-35/h1-29H;1-28,47H;1-26,45H. The second kappa shape index (κ2) is 39.2. The Morgan fingerprint density at radius 1 is 0.124 bits per heavy atom. The van der Waals surface area contributed by atoms with Gasteiger partial charge in [-0.3, -0.25) is 0 Å². The second-order valence-corrected chi connectivity index (χ2v) is 40.1. The van der Waals surface area contributed by atoms with Crippen molar-refractivity contribution in [3.63, 3.8) is 0 Å². The Morgan fingerprint density at radius 3 is 0.786 bits per heavy atom. The van der Waals surface area contributed by atoms with Crippen molar-refractivity contribution in [2.24, 2.45) is 0 Å². The van der Waals surface area contributed by atoms with E-state index in [1.165, 1.54) is 112 Å². The molecule has 27 aromatic rings. The molecule has 4 aromatic heterocycles. The maximum atomic E-state index is 5.25. The molecular weight excluding hydrogens is 1960 g/mol. The van der Waals surface area contributed by atoms with E-state index in [-0.39, 0.29) is 14.5 Å². The third-order valence-electron chi connectivity index (χ3n) is 27.1. The summed E-state index contributed by atoms with van der Waals surface area (Å²) in [5.41, 5.74) is 22.9. The van der Waals surface area contributed by atoms with Crippen molar-refractivity contribution in [3.8, 4) is 169 Å². The number of aromatic nitrogens is 9. The zero-order valence-electron chi connectivity index (χ0n) is 78.2. The van der Waals surface area contributed by atoms with Gasteiger partial charge in [0.1, 0.15) is 0 Å². The summed E-state index contributed by atoms with van der Waals surface area (Å²) in [7, 11) is 0. The molecule has 0 unspecified atom stereocenters. The van der Waals surface area contributed by atoms with Crippen molar-refractivity contribution in [1.82, 2.24) is 44.9 Å². The van der Waals surface area contributed by atoms with Crippen LogP contribution < -0.4 is 8.92 Å². The van der Waals surface area contributed by atoms with Gasteiger partial charge in [-0.2, -0.15) is 0 Å². The molecule has 0 saturated heterocycles. The third-order valence-corrected chi connectivity index (χ3v) is 31.8. The Kier molecular flexibility index (Phi) is 24.0. The molecule has 4 heterocycles. The molecule has 0 radical (unpaired) electrons. The number of hydrogen-bond acceptors (Lipinski definition) is 9. The fraction of sp³-hybridized carbons (Fsp3) is 0. The van der Waals surface area contributed by atoms with Crippen LogP contribution in [-0.4, -0.2) is 91.4 Å². The predicted molar refractivity (Wildman–Crippen MR) is 609 cm³/mol. The SMILES string of the molecule is [SeH]c1c(-c2cccc(-c3ccc4ccccc4c3)c2)cccc1-c1nc(-c2ccccc2)nc(-c2ccc3ccccc3c2)n1.[SeH]c1c(-c2cccc(-c3ccc4ccccc4c3)c2)cccc1-c1nc(-c2ccccc2)nc(-c2cccc(-c3ccccc3)c2)n1.c1ccc2cc(-c3nc(-c4ccc5ccccc5c4)nc(-c4cccc5c4[se]c4c(-c6cc7ccccc7c7ccccc67)cccc45)n3)ccc2c1. The Labute approximate surface area is 860 Å². The quantitative estimate of drug-likeness (QED) is 0.0731. The Balaban J connectivity index is 0.000000114. The summed E-state index contributed by atoms with van der Waals surface area (Å²) in [6, 6.07) is 177. The number of nitrogens with zero attached hydrogens (tertiary/aromatic N) is 9. The fourth-order valence-corrected chi connectivity index (χ4v) is 24.2. The molecule has 680 valence electrons. The summed E-state index contributed by atoms with van der Waals surface area (Å²) in [5.74, 6) is 5.93. The molecule has 0 spiro atoms. The van der Waals surface area contributed by atoms with Gasteiger partial charge in [0.15, 0.2) is 0 Å². The molecule has 27 rings (SSSR count). The van der Waals surface area contributed by atoms with Crippen LogP contribution in [0.25, 0.3) is 264 Å². The van der Waals surface area contributed by atoms with E-state index in [1.54, 1.807) is 0 Å². The molecule has 0 amide bonds. The van der Waals surface area contributed by atoms with Gasteiger partial charge in [-0.05, 0) is 0 Å². The van der Waals surface area contributed by atoms with E-state index in [0.717, 1.165) is 109 Å². The number of rotatable bonds is 15. The van der Waals surface area contributed by atoms with Crippen LogP contribution in [0.2, 0.25) is 0 Å². The van der Waals surface area contributed by atoms with Crippen LogP contribution in [-0.2, 0) is 0 Å². The molecule has 0 aliphatic rings. The zero-order valence-corrected chi connectivity index (χ0v) is 83.7. The number of fused-ring (bicyclic) bond motifs is 11. The summed E-state index contributed by atoms with van der Waals surface area (Å²) >= 11 is 5.54. The maximum absolute atomic E-state index is 5.25. The molecule has 23 aromatic carbocycles. The van der Waals surface area contributed by atoms with Crippen molar-refractivity contribution in [3.05, 3.63) is 504 Å². The average Bonchev–Trinajstić information content (AvgIpc) is 1.62. The molecule has 9 nitrogen and oxygen atoms in total. The molecule has 0 N–H and O–H groups in total. The topological polar surface area (TPSA) is 116 Å². The Morgan fingerprint density at radius 2 is 0.366 bits per heavy atom. The fourth-order valence-electron chi connectivity index (χ4n) is 19.8. The van der Waals surface area contributed by atoms with Crippen molar-refractivity contribution in [2.75, 3.05) is 0 Å². The van der Waals surface area contributed by atoms with Crippen molar-refractivity contribution >= 4 is 150 Å². The van der Waals surface area contributed by atoms with E-state index in [4.69, 9.17) is 44.9 Å². The van der Waals surface area contributed by atoms with Crippen LogP contribution in [0, 0.1) is 0 Å². The van der Waals surface area contributed by atoms with E-state index in [0.29, 0.717) is 52.4 Å².